The number of aromatic nitrogens is 3. The molecule has 0 aliphatic rings. The Morgan fingerprint density at radius 2 is 1.34 bits per heavy atom. The first kappa shape index (κ1) is 24.4. The first-order valence-electron chi connectivity index (χ1n) is 12.1. The van der Waals surface area contributed by atoms with Crippen molar-refractivity contribution < 1.29 is 14.9 Å². The van der Waals surface area contributed by atoms with Crippen molar-refractivity contribution in [2.75, 3.05) is 6.61 Å². The molecule has 0 saturated heterocycles. The van der Waals surface area contributed by atoms with Gasteiger partial charge >= 0.3 is 0 Å². The van der Waals surface area contributed by atoms with Crippen LogP contribution in [0.4, 0.5) is 0 Å². The number of benzene rings is 3. The molecule has 2 atom stereocenters. The summed E-state index contributed by atoms with van der Waals surface area (Å²) in [7, 11) is 0. The van der Waals surface area contributed by atoms with Crippen LogP contribution in [-0.4, -0.2) is 37.9 Å². The molecule has 0 amide bonds. The first-order chi connectivity index (χ1) is 17.1. The number of aliphatic hydroxyl groups excluding tert-OH is 1. The highest BCUT2D eigenvalue weighted by atomic mass is 16.5. The Hall–Kier alpha value is -3.77. The van der Waals surface area contributed by atoms with Crippen molar-refractivity contribution >= 4 is 0 Å². The summed E-state index contributed by atoms with van der Waals surface area (Å²) in [5.74, 6) is 2.11. The molecule has 2 N–H and O–H groups in total. The molecule has 0 fully saturated rings. The van der Waals surface area contributed by atoms with Crippen LogP contribution < -0.4 is 4.74 Å². The third kappa shape index (κ3) is 6.03. The second-order valence-corrected chi connectivity index (χ2v) is 8.55. The number of hydrogen-bond acceptors (Lipinski definition) is 6. The number of ether oxygens (including phenoxy) is 1. The average molecular weight is 470 g/mol. The molecule has 4 rings (SSSR count). The number of aromatic hydroxyl groups is 1. The molecule has 3 aromatic carbocycles. The van der Waals surface area contributed by atoms with Crippen molar-refractivity contribution in [3.63, 3.8) is 0 Å². The highest BCUT2D eigenvalue weighted by Gasteiger charge is 2.18. The molecule has 1 aromatic heterocycles. The van der Waals surface area contributed by atoms with E-state index in [0.717, 1.165) is 30.4 Å². The van der Waals surface area contributed by atoms with Gasteiger partial charge in [-0.15, -0.1) is 0 Å². The van der Waals surface area contributed by atoms with E-state index in [1.807, 2.05) is 60.7 Å². The van der Waals surface area contributed by atoms with Crippen LogP contribution in [-0.2, 0) is 0 Å². The van der Waals surface area contributed by atoms with E-state index in [9.17, 15) is 10.2 Å². The number of hydrogen-bond donors (Lipinski definition) is 2. The molecule has 180 valence electrons. The number of rotatable bonds is 10. The lowest BCUT2D eigenvalue weighted by atomic mass is 9.95. The Kier molecular flexibility index (Phi) is 8.06. The van der Waals surface area contributed by atoms with Crippen LogP contribution in [0, 0.1) is 5.92 Å². The summed E-state index contributed by atoms with van der Waals surface area (Å²) >= 11 is 0. The van der Waals surface area contributed by atoms with E-state index in [0.29, 0.717) is 28.8 Å². The largest absolute Gasteiger partial charge is 0.507 e. The van der Waals surface area contributed by atoms with Crippen molar-refractivity contribution in [2.24, 2.45) is 5.92 Å². The molecule has 4 aromatic rings. The topological polar surface area (TPSA) is 88.4 Å². The van der Waals surface area contributed by atoms with Crippen molar-refractivity contribution in [2.45, 2.75) is 39.2 Å². The zero-order valence-corrected chi connectivity index (χ0v) is 20.1. The fourth-order valence-corrected chi connectivity index (χ4v) is 4.08. The summed E-state index contributed by atoms with van der Waals surface area (Å²) in [4.78, 5) is 14.0. The van der Waals surface area contributed by atoms with E-state index in [1.54, 1.807) is 12.1 Å². The van der Waals surface area contributed by atoms with Gasteiger partial charge in [-0.05, 0) is 24.5 Å². The van der Waals surface area contributed by atoms with Gasteiger partial charge in [0.05, 0.1) is 11.7 Å². The number of phenols is 1. The van der Waals surface area contributed by atoms with E-state index in [-0.39, 0.29) is 18.3 Å². The average Bonchev–Trinajstić information content (AvgIpc) is 2.91. The van der Waals surface area contributed by atoms with Gasteiger partial charge in [-0.3, -0.25) is 0 Å². The van der Waals surface area contributed by atoms with Crippen molar-refractivity contribution in [1.82, 2.24) is 15.0 Å². The van der Waals surface area contributed by atoms with E-state index < -0.39 is 6.10 Å². The van der Waals surface area contributed by atoms with Crippen LogP contribution in [0.15, 0.2) is 78.9 Å². The van der Waals surface area contributed by atoms with Crippen LogP contribution >= 0.6 is 0 Å². The Morgan fingerprint density at radius 3 is 1.86 bits per heavy atom. The summed E-state index contributed by atoms with van der Waals surface area (Å²) in [6.45, 7) is 4.37. The minimum atomic E-state index is -0.549. The second kappa shape index (κ2) is 11.6. The Labute approximate surface area is 206 Å². The lowest BCUT2D eigenvalue weighted by molar-refractivity contribution is 0.0513. The highest BCUT2D eigenvalue weighted by molar-refractivity contribution is 5.70. The van der Waals surface area contributed by atoms with Gasteiger partial charge in [0.1, 0.15) is 18.1 Å². The summed E-state index contributed by atoms with van der Waals surface area (Å²) in [5.41, 5.74) is 2.20. The van der Waals surface area contributed by atoms with E-state index in [2.05, 4.69) is 28.8 Å². The summed E-state index contributed by atoms with van der Waals surface area (Å²) in [5, 5.41) is 21.3. The Bertz CT molecular complexity index is 1170. The summed E-state index contributed by atoms with van der Waals surface area (Å²) < 4.78 is 5.79. The smallest absolute Gasteiger partial charge is 0.167 e. The molecule has 6 nitrogen and oxygen atoms in total. The molecule has 6 heteroatoms. The zero-order valence-electron chi connectivity index (χ0n) is 20.1. The molecule has 0 radical (unpaired) electrons. The van der Waals surface area contributed by atoms with Gasteiger partial charge in [0, 0.05) is 17.2 Å². The van der Waals surface area contributed by atoms with Crippen LogP contribution in [0.25, 0.3) is 34.2 Å². The first-order valence-corrected chi connectivity index (χ1v) is 12.1. The Balaban J connectivity index is 1.64. The quantitative estimate of drug-likeness (QED) is 0.290. The van der Waals surface area contributed by atoms with Gasteiger partial charge < -0.3 is 14.9 Å². The standard InChI is InChI=1S/C29H31N3O3/c1-3-11-20(4-2)26(34)19-35-23-16-17-24(25(33)18-23)29-31-27(21-12-7-5-8-13-21)30-28(32-29)22-14-9-6-10-15-22/h5-10,12-18,20,26,33-34H,3-4,11,19H2,1-2H3. The monoisotopic (exact) mass is 469 g/mol. The number of aliphatic hydroxyl groups is 1. The van der Waals surface area contributed by atoms with E-state index >= 15 is 0 Å². The number of phenolic OH excluding ortho intramolecular Hbond substituents is 1. The molecular weight excluding hydrogens is 438 g/mol. The molecule has 0 aliphatic heterocycles. The lowest BCUT2D eigenvalue weighted by Crippen LogP contribution is -2.26. The molecule has 2 unspecified atom stereocenters. The van der Waals surface area contributed by atoms with Gasteiger partial charge in [0.25, 0.3) is 0 Å². The Morgan fingerprint density at radius 1 is 0.771 bits per heavy atom. The summed E-state index contributed by atoms with van der Waals surface area (Å²) in [6, 6.07) is 24.4. The highest BCUT2D eigenvalue weighted by Crippen LogP contribution is 2.33. The van der Waals surface area contributed by atoms with Gasteiger partial charge in [0.15, 0.2) is 17.5 Å². The van der Waals surface area contributed by atoms with Crippen molar-refractivity contribution in [3.8, 4) is 45.7 Å². The molecular formula is C29H31N3O3. The van der Waals surface area contributed by atoms with Crippen molar-refractivity contribution in [1.29, 1.82) is 0 Å². The maximum Gasteiger partial charge on any atom is 0.167 e. The van der Waals surface area contributed by atoms with Gasteiger partial charge in [-0.25, -0.2) is 15.0 Å². The van der Waals surface area contributed by atoms with Gasteiger partial charge in [0.2, 0.25) is 0 Å². The number of nitrogens with zero attached hydrogens (tertiary/aromatic N) is 3. The van der Waals surface area contributed by atoms with Crippen LogP contribution in [0.2, 0.25) is 0 Å². The fraction of sp³-hybridized carbons (Fsp3) is 0.276. The van der Waals surface area contributed by atoms with Crippen LogP contribution in [0.3, 0.4) is 0 Å². The fourth-order valence-electron chi connectivity index (χ4n) is 4.08. The lowest BCUT2D eigenvalue weighted by Gasteiger charge is -2.21. The minimum absolute atomic E-state index is 0.00168. The van der Waals surface area contributed by atoms with E-state index in [4.69, 9.17) is 4.74 Å². The van der Waals surface area contributed by atoms with Crippen LogP contribution in [0.5, 0.6) is 11.5 Å². The predicted molar refractivity (Wildman–Crippen MR) is 138 cm³/mol. The zero-order chi connectivity index (χ0) is 24.6. The molecule has 0 bridgehead atoms. The van der Waals surface area contributed by atoms with Gasteiger partial charge in [-0.2, -0.15) is 0 Å². The van der Waals surface area contributed by atoms with Crippen LogP contribution in [0.1, 0.15) is 33.1 Å². The maximum absolute atomic E-state index is 10.8. The summed E-state index contributed by atoms with van der Waals surface area (Å²) in [6.07, 6.45) is 2.33. The molecule has 0 spiro atoms. The molecule has 1 heterocycles. The maximum atomic E-state index is 10.8. The minimum Gasteiger partial charge on any atom is -0.507 e. The second-order valence-electron chi connectivity index (χ2n) is 8.55. The molecule has 0 saturated carbocycles. The third-order valence-corrected chi connectivity index (χ3v) is 6.06. The third-order valence-electron chi connectivity index (χ3n) is 6.06. The SMILES string of the molecule is CCCC(CC)C(O)COc1ccc(-c2nc(-c3ccccc3)nc(-c3ccccc3)n2)c(O)c1. The molecule has 35 heavy (non-hydrogen) atoms. The van der Waals surface area contributed by atoms with E-state index in [1.165, 1.54) is 6.07 Å². The molecule has 0 aliphatic carbocycles. The predicted octanol–water partition coefficient (Wildman–Crippen LogP) is 6.14. The normalized spacial score (nSPS) is 12.8. The van der Waals surface area contributed by atoms with Gasteiger partial charge in [-0.1, -0.05) is 87.4 Å². The van der Waals surface area contributed by atoms with Crippen molar-refractivity contribution in [3.05, 3.63) is 78.9 Å².